The topological polar surface area (TPSA) is 70.6 Å². The number of alkyl halides is 1. The number of amides is 1. The fourth-order valence-electron chi connectivity index (χ4n) is 0.956. The van der Waals surface area contributed by atoms with E-state index in [0.717, 1.165) is 12.0 Å². The van der Waals surface area contributed by atoms with Gasteiger partial charge in [0, 0.05) is 22.9 Å². The molecule has 17 heavy (non-hydrogen) atoms. The molecule has 0 aliphatic carbocycles. The summed E-state index contributed by atoms with van der Waals surface area (Å²) in [6, 6.07) is 6.73. The molecule has 88 valence electrons. The maximum absolute atomic E-state index is 11.2. The van der Waals surface area contributed by atoms with Gasteiger partial charge in [-0.1, -0.05) is 0 Å². The summed E-state index contributed by atoms with van der Waals surface area (Å²) in [7, 11) is 0. The number of rotatable bonds is 6. The molecule has 1 N–H and O–H groups in total. The standard InChI is InChI=1S/C9H10ClNO4S.Na/c10-6-5-9(12)11-7-1-3-8(4-2-7)16-15-14-13;/h1-4,13H,5-6H2,(H,11,12);/q;+1/p-1. The fourth-order valence-corrected chi connectivity index (χ4v) is 1.48. The molecule has 0 spiro atoms. The number of carbonyl (C=O) groups excluding carboxylic acids is 1. The number of nitrogens with one attached hydrogen (secondary N) is 1. The maximum Gasteiger partial charge on any atom is 1.00 e. The fraction of sp³-hybridized carbons (Fsp3) is 0.222. The average Bonchev–Trinajstić information content (AvgIpc) is 2.28. The normalized spacial score (nSPS) is 9.53. The Morgan fingerprint density at radius 3 is 2.59 bits per heavy atom. The van der Waals surface area contributed by atoms with Crippen molar-refractivity contribution in [3.63, 3.8) is 0 Å². The first kappa shape index (κ1) is 17.2. The van der Waals surface area contributed by atoms with Crippen LogP contribution in [-0.4, -0.2) is 11.8 Å². The quantitative estimate of drug-likeness (QED) is 0.226. The Morgan fingerprint density at radius 1 is 1.41 bits per heavy atom. The Balaban J connectivity index is 0.00000256. The van der Waals surface area contributed by atoms with E-state index < -0.39 is 0 Å². The van der Waals surface area contributed by atoms with Gasteiger partial charge in [0.1, 0.15) is 0 Å². The monoisotopic (exact) mass is 285 g/mol. The molecular weight excluding hydrogens is 277 g/mol. The van der Waals surface area contributed by atoms with Crippen LogP contribution in [0, 0.1) is 0 Å². The number of hydrogen-bond acceptors (Lipinski definition) is 5. The van der Waals surface area contributed by atoms with Crippen molar-refractivity contribution in [3.8, 4) is 0 Å². The Bertz CT molecular complexity index is 338. The van der Waals surface area contributed by atoms with Crippen LogP contribution in [0.5, 0.6) is 0 Å². The van der Waals surface area contributed by atoms with Gasteiger partial charge in [0.05, 0.1) is 12.0 Å². The van der Waals surface area contributed by atoms with Crippen LogP contribution in [0.2, 0.25) is 0 Å². The van der Waals surface area contributed by atoms with Crippen molar-refractivity contribution in [1.82, 2.24) is 0 Å². The van der Waals surface area contributed by atoms with E-state index in [-0.39, 0.29) is 47.8 Å². The van der Waals surface area contributed by atoms with Gasteiger partial charge in [-0.3, -0.25) is 9.83 Å². The minimum absolute atomic E-state index is 0. The number of hydrogen-bond donors (Lipinski definition) is 1. The molecule has 1 rings (SSSR count). The third kappa shape index (κ3) is 7.28. The van der Waals surface area contributed by atoms with Gasteiger partial charge in [-0.05, 0) is 24.3 Å². The number of benzene rings is 1. The predicted octanol–water partition coefficient (Wildman–Crippen LogP) is -1.51. The number of carbonyl (C=O) groups is 1. The Hall–Kier alpha value is 0.210. The molecule has 0 unspecified atom stereocenters. The Labute approximate surface area is 130 Å². The van der Waals surface area contributed by atoms with Gasteiger partial charge in [0.25, 0.3) is 0 Å². The summed E-state index contributed by atoms with van der Waals surface area (Å²) < 4.78 is 4.14. The van der Waals surface area contributed by atoms with Gasteiger partial charge in [-0.25, -0.2) is 0 Å². The first-order valence-electron chi connectivity index (χ1n) is 4.35. The van der Waals surface area contributed by atoms with Gasteiger partial charge in [-0.2, -0.15) is 4.33 Å². The average molecular weight is 286 g/mol. The first-order valence-corrected chi connectivity index (χ1v) is 5.63. The van der Waals surface area contributed by atoms with E-state index in [1.54, 1.807) is 24.3 Å². The zero-order valence-corrected chi connectivity index (χ0v) is 12.7. The predicted molar refractivity (Wildman–Crippen MR) is 58.4 cm³/mol. The molecule has 0 aliphatic rings. The van der Waals surface area contributed by atoms with E-state index in [2.05, 4.69) is 14.7 Å². The third-order valence-corrected chi connectivity index (χ3v) is 2.39. The van der Waals surface area contributed by atoms with Crippen molar-refractivity contribution >= 4 is 35.2 Å². The summed E-state index contributed by atoms with van der Waals surface area (Å²) >= 11 is 6.21. The van der Waals surface area contributed by atoms with E-state index in [1.165, 1.54) is 0 Å². The van der Waals surface area contributed by atoms with Crippen molar-refractivity contribution in [2.45, 2.75) is 11.3 Å². The molecule has 0 radical (unpaired) electrons. The Kier molecular flexibility index (Phi) is 10.3. The smallest absolute Gasteiger partial charge is 0.691 e. The molecule has 1 aromatic carbocycles. The minimum atomic E-state index is -0.144. The molecule has 0 fully saturated rings. The second-order valence-corrected chi connectivity index (χ2v) is 3.88. The van der Waals surface area contributed by atoms with Crippen LogP contribution in [0.4, 0.5) is 5.69 Å². The summed E-state index contributed by atoms with van der Waals surface area (Å²) in [5.74, 6) is 0.142. The van der Waals surface area contributed by atoms with E-state index in [1.807, 2.05) is 0 Å². The van der Waals surface area contributed by atoms with Gasteiger partial charge in [-0.15, -0.1) is 11.6 Å². The molecule has 8 heteroatoms. The molecule has 5 nitrogen and oxygen atoms in total. The summed E-state index contributed by atoms with van der Waals surface area (Å²) in [6.07, 6.45) is 0.269. The van der Waals surface area contributed by atoms with E-state index >= 15 is 0 Å². The van der Waals surface area contributed by atoms with Gasteiger partial charge < -0.3 is 10.6 Å². The van der Waals surface area contributed by atoms with Crippen molar-refractivity contribution in [3.05, 3.63) is 24.3 Å². The first-order chi connectivity index (χ1) is 7.76. The van der Waals surface area contributed by atoms with Crippen LogP contribution in [0.3, 0.4) is 0 Å². The van der Waals surface area contributed by atoms with Crippen molar-refractivity contribution in [2.75, 3.05) is 11.2 Å². The molecule has 0 saturated heterocycles. The molecule has 1 amide bonds. The molecule has 0 aromatic heterocycles. The van der Waals surface area contributed by atoms with Crippen LogP contribution >= 0.6 is 23.6 Å². The van der Waals surface area contributed by atoms with Crippen molar-refractivity contribution in [2.24, 2.45) is 0 Å². The molecule has 1 aromatic rings. The van der Waals surface area contributed by atoms with Crippen molar-refractivity contribution < 1.29 is 49.0 Å². The number of anilines is 1. The van der Waals surface area contributed by atoms with Crippen LogP contribution < -0.4 is 40.1 Å². The van der Waals surface area contributed by atoms with E-state index in [0.29, 0.717) is 10.6 Å². The Morgan fingerprint density at radius 2 is 2.06 bits per heavy atom. The SMILES string of the molecule is O=C(CCCl)Nc1ccc(SOO[O-])cc1.[Na+]. The zero-order chi connectivity index (χ0) is 11.8. The van der Waals surface area contributed by atoms with E-state index in [4.69, 9.17) is 11.6 Å². The zero-order valence-electron chi connectivity index (χ0n) is 9.14. The second-order valence-electron chi connectivity index (χ2n) is 2.73. The number of halogens is 1. The van der Waals surface area contributed by atoms with Gasteiger partial charge in [0.15, 0.2) is 0 Å². The van der Waals surface area contributed by atoms with E-state index in [9.17, 15) is 10.1 Å². The largest absolute Gasteiger partial charge is 1.00 e. The molecule has 0 bridgehead atoms. The van der Waals surface area contributed by atoms with Crippen LogP contribution in [0.25, 0.3) is 0 Å². The molecule has 0 heterocycles. The minimum Gasteiger partial charge on any atom is -0.691 e. The molecule has 0 saturated carbocycles. The third-order valence-electron chi connectivity index (χ3n) is 1.62. The molecule has 0 atom stereocenters. The van der Waals surface area contributed by atoms with Crippen LogP contribution in [-0.2, 0) is 14.2 Å². The van der Waals surface area contributed by atoms with Gasteiger partial charge >= 0.3 is 29.6 Å². The van der Waals surface area contributed by atoms with Crippen LogP contribution in [0.15, 0.2) is 29.2 Å². The van der Waals surface area contributed by atoms with Crippen molar-refractivity contribution in [1.29, 1.82) is 0 Å². The molecular formula is C9H9ClNNaO4S. The summed E-state index contributed by atoms with van der Waals surface area (Å²) in [5, 5.41) is 15.4. The summed E-state index contributed by atoms with van der Waals surface area (Å²) in [6.45, 7) is 0. The second kappa shape index (κ2) is 10.2. The maximum atomic E-state index is 11.2. The molecule has 0 aliphatic heterocycles. The summed E-state index contributed by atoms with van der Waals surface area (Å²) in [4.78, 5) is 11.9. The van der Waals surface area contributed by atoms with Gasteiger partial charge in [0.2, 0.25) is 5.91 Å². The summed E-state index contributed by atoms with van der Waals surface area (Å²) in [5.41, 5.74) is 0.655. The van der Waals surface area contributed by atoms with Crippen LogP contribution in [0.1, 0.15) is 6.42 Å².